The molecule has 2 rings (SSSR count). The Morgan fingerprint density at radius 1 is 1.39 bits per heavy atom. The molecule has 0 radical (unpaired) electrons. The van der Waals surface area contributed by atoms with Crippen LogP contribution < -0.4 is 0 Å². The fourth-order valence-corrected chi connectivity index (χ4v) is 1.41. The summed E-state index contributed by atoms with van der Waals surface area (Å²) in [6.45, 7) is 1.80. The quantitative estimate of drug-likeness (QED) is 0.470. The zero-order chi connectivity index (χ0) is 13.0. The Kier molecular flexibility index (Phi) is 3.38. The van der Waals surface area contributed by atoms with Gasteiger partial charge in [-0.15, -0.1) is 0 Å². The summed E-state index contributed by atoms with van der Waals surface area (Å²) in [6, 6.07) is 6.42. The largest absolute Gasteiger partial charge is 0.278 e. The molecule has 2 aromatic rings. The summed E-state index contributed by atoms with van der Waals surface area (Å²) in [6.07, 6.45) is 4.44. The van der Waals surface area contributed by atoms with Crippen LogP contribution in [0.4, 0.5) is 11.4 Å². The number of aryl methyl sites for hydroxylation is 1. The van der Waals surface area contributed by atoms with Crippen molar-refractivity contribution in [3.8, 4) is 0 Å². The maximum Gasteiger partial charge on any atom is 0.278 e. The van der Waals surface area contributed by atoms with Gasteiger partial charge in [0.1, 0.15) is 12.0 Å². The minimum absolute atomic E-state index is 0.0238. The minimum atomic E-state index is -0.435. The summed E-state index contributed by atoms with van der Waals surface area (Å²) < 4.78 is 0. The van der Waals surface area contributed by atoms with E-state index in [4.69, 9.17) is 0 Å². The van der Waals surface area contributed by atoms with Crippen molar-refractivity contribution in [2.45, 2.75) is 6.92 Å². The van der Waals surface area contributed by atoms with E-state index in [-0.39, 0.29) is 5.69 Å². The van der Waals surface area contributed by atoms with Crippen LogP contribution in [-0.4, -0.2) is 21.1 Å². The van der Waals surface area contributed by atoms with Gasteiger partial charge in [0.2, 0.25) is 0 Å². The first-order valence-electron chi connectivity index (χ1n) is 5.22. The molecule has 1 aromatic carbocycles. The fraction of sp³-hybridized carbons (Fsp3) is 0.0833. The monoisotopic (exact) mass is 242 g/mol. The number of aliphatic imine (C=N–C) groups is 1. The standard InChI is InChI=1S/C12H10N4O2/c1-9-11(7-13-8-15-9)14-6-10-4-2-3-5-12(10)16(17)18/h2-8H,1H3. The number of benzene rings is 1. The Morgan fingerprint density at radius 3 is 2.89 bits per heavy atom. The number of hydrogen-bond acceptors (Lipinski definition) is 5. The molecule has 0 aliphatic carbocycles. The van der Waals surface area contributed by atoms with Crippen LogP contribution in [0.1, 0.15) is 11.3 Å². The van der Waals surface area contributed by atoms with Crippen molar-refractivity contribution in [1.29, 1.82) is 0 Å². The molecule has 0 amide bonds. The van der Waals surface area contributed by atoms with Crippen LogP contribution in [0.25, 0.3) is 0 Å². The molecule has 90 valence electrons. The third-order valence-corrected chi connectivity index (χ3v) is 2.36. The molecule has 0 saturated heterocycles. The van der Waals surface area contributed by atoms with Crippen molar-refractivity contribution in [1.82, 2.24) is 9.97 Å². The molecule has 0 spiro atoms. The average molecular weight is 242 g/mol. The van der Waals surface area contributed by atoms with Crippen molar-refractivity contribution in [2.24, 2.45) is 4.99 Å². The Labute approximate surface area is 103 Å². The van der Waals surface area contributed by atoms with Crippen molar-refractivity contribution in [3.63, 3.8) is 0 Å². The van der Waals surface area contributed by atoms with Crippen LogP contribution in [0.5, 0.6) is 0 Å². The van der Waals surface area contributed by atoms with Gasteiger partial charge in [-0.05, 0) is 13.0 Å². The zero-order valence-corrected chi connectivity index (χ0v) is 9.65. The fourth-order valence-electron chi connectivity index (χ4n) is 1.41. The van der Waals surface area contributed by atoms with E-state index < -0.39 is 4.92 Å². The molecule has 0 fully saturated rings. The molecule has 6 heteroatoms. The lowest BCUT2D eigenvalue weighted by Gasteiger charge is -1.98. The second-order valence-corrected chi connectivity index (χ2v) is 3.57. The van der Waals surface area contributed by atoms with Crippen LogP contribution in [0.2, 0.25) is 0 Å². The molecule has 0 unspecified atom stereocenters. The molecule has 0 aliphatic rings. The van der Waals surface area contributed by atoms with Gasteiger partial charge in [-0.25, -0.2) is 9.97 Å². The predicted octanol–water partition coefficient (Wildman–Crippen LogP) is 2.44. The SMILES string of the molecule is Cc1ncncc1N=Cc1ccccc1[N+](=O)[O-]. The van der Waals surface area contributed by atoms with Gasteiger partial charge >= 0.3 is 0 Å². The van der Waals surface area contributed by atoms with Gasteiger partial charge in [-0.1, -0.05) is 12.1 Å². The molecule has 0 aliphatic heterocycles. The van der Waals surface area contributed by atoms with Gasteiger partial charge in [0.15, 0.2) is 0 Å². The summed E-state index contributed by atoms with van der Waals surface area (Å²) in [5.41, 5.74) is 1.79. The lowest BCUT2D eigenvalue weighted by molar-refractivity contribution is -0.385. The second kappa shape index (κ2) is 5.13. The van der Waals surface area contributed by atoms with E-state index in [9.17, 15) is 10.1 Å². The zero-order valence-electron chi connectivity index (χ0n) is 9.65. The second-order valence-electron chi connectivity index (χ2n) is 3.57. The lowest BCUT2D eigenvalue weighted by Crippen LogP contribution is -1.93. The Hall–Kier alpha value is -2.63. The van der Waals surface area contributed by atoms with E-state index >= 15 is 0 Å². The third-order valence-electron chi connectivity index (χ3n) is 2.36. The summed E-state index contributed by atoms with van der Waals surface area (Å²) >= 11 is 0. The van der Waals surface area contributed by atoms with Crippen LogP contribution in [0.3, 0.4) is 0 Å². The Balaban J connectivity index is 2.35. The maximum absolute atomic E-state index is 10.8. The molecule has 0 atom stereocenters. The highest BCUT2D eigenvalue weighted by Crippen LogP contribution is 2.18. The van der Waals surface area contributed by atoms with Gasteiger partial charge in [0, 0.05) is 12.3 Å². The van der Waals surface area contributed by atoms with Crippen LogP contribution in [0, 0.1) is 17.0 Å². The molecular formula is C12H10N4O2. The molecule has 1 aromatic heterocycles. The lowest BCUT2D eigenvalue weighted by atomic mass is 10.2. The minimum Gasteiger partial charge on any atom is -0.258 e. The molecule has 0 N–H and O–H groups in total. The highest BCUT2D eigenvalue weighted by atomic mass is 16.6. The Morgan fingerprint density at radius 2 is 2.17 bits per heavy atom. The van der Waals surface area contributed by atoms with Crippen LogP contribution in [0.15, 0.2) is 41.8 Å². The van der Waals surface area contributed by atoms with Gasteiger partial charge in [0.05, 0.1) is 22.4 Å². The van der Waals surface area contributed by atoms with Gasteiger partial charge < -0.3 is 0 Å². The van der Waals surface area contributed by atoms with Crippen molar-refractivity contribution in [2.75, 3.05) is 0 Å². The van der Waals surface area contributed by atoms with E-state index in [1.807, 2.05) is 0 Å². The average Bonchev–Trinajstić information content (AvgIpc) is 2.38. The summed E-state index contributed by atoms with van der Waals surface area (Å²) in [5, 5.41) is 10.8. The number of hydrogen-bond donors (Lipinski definition) is 0. The van der Waals surface area contributed by atoms with E-state index in [0.29, 0.717) is 11.3 Å². The summed E-state index contributed by atoms with van der Waals surface area (Å²) in [5.74, 6) is 0. The van der Waals surface area contributed by atoms with E-state index in [1.165, 1.54) is 18.6 Å². The first-order valence-corrected chi connectivity index (χ1v) is 5.22. The number of nitrogens with zero attached hydrogens (tertiary/aromatic N) is 4. The Bertz CT molecular complexity index is 611. The van der Waals surface area contributed by atoms with E-state index in [1.54, 1.807) is 31.3 Å². The maximum atomic E-state index is 10.8. The van der Waals surface area contributed by atoms with Crippen LogP contribution in [-0.2, 0) is 0 Å². The number of aromatic nitrogens is 2. The molecule has 0 saturated carbocycles. The summed E-state index contributed by atoms with van der Waals surface area (Å²) in [4.78, 5) is 22.4. The highest BCUT2D eigenvalue weighted by Gasteiger charge is 2.09. The molecule has 18 heavy (non-hydrogen) atoms. The summed E-state index contributed by atoms with van der Waals surface area (Å²) in [7, 11) is 0. The molecule has 0 bridgehead atoms. The molecule has 1 heterocycles. The predicted molar refractivity (Wildman–Crippen MR) is 67.1 cm³/mol. The van der Waals surface area contributed by atoms with E-state index in [2.05, 4.69) is 15.0 Å². The van der Waals surface area contributed by atoms with Crippen LogP contribution >= 0.6 is 0 Å². The molecular weight excluding hydrogens is 232 g/mol. The topological polar surface area (TPSA) is 81.3 Å². The first-order chi connectivity index (χ1) is 8.68. The molecule has 6 nitrogen and oxygen atoms in total. The third kappa shape index (κ3) is 2.54. The van der Waals surface area contributed by atoms with E-state index in [0.717, 1.165) is 5.69 Å². The smallest absolute Gasteiger partial charge is 0.258 e. The number of rotatable bonds is 3. The highest BCUT2D eigenvalue weighted by molar-refractivity contribution is 5.87. The normalized spacial score (nSPS) is 10.7. The number of nitro groups is 1. The van der Waals surface area contributed by atoms with Crippen molar-refractivity contribution < 1.29 is 4.92 Å². The first kappa shape index (κ1) is 11.8. The number of para-hydroxylation sites is 1. The van der Waals surface area contributed by atoms with Crippen molar-refractivity contribution >= 4 is 17.6 Å². The number of nitro benzene ring substituents is 1. The van der Waals surface area contributed by atoms with Gasteiger partial charge in [0.25, 0.3) is 5.69 Å². The van der Waals surface area contributed by atoms with Gasteiger partial charge in [-0.2, -0.15) is 0 Å². The van der Waals surface area contributed by atoms with Crippen molar-refractivity contribution in [3.05, 3.63) is 58.2 Å². The van der Waals surface area contributed by atoms with Gasteiger partial charge in [-0.3, -0.25) is 15.1 Å².